The molecule has 5 unspecified atom stereocenters. The van der Waals surface area contributed by atoms with Gasteiger partial charge < -0.3 is 54.8 Å². The Labute approximate surface area is 409 Å². The van der Waals surface area contributed by atoms with Gasteiger partial charge in [0.15, 0.2) is 6.10 Å². The number of hydrogen-bond acceptors (Lipinski definition) is 15. The quantitative estimate of drug-likeness (QED) is 0.0126. The van der Waals surface area contributed by atoms with E-state index in [1.165, 1.54) is 38.5 Å². The average Bonchev–Trinajstić information content (AvgIpc) is 3.30. The van der Waals surface area contributed by atoms with E-state index in [4.69, 9.17) is 18.5 Å². The van der Waals surface area contributed by atoms with Gasteiger partial charge in [0.2, 0.25) is 0 Å². The Hall–Kier alpha value is -2.90. The van der Waals surface area contributed by atoms with E-state index in [2.05, 4.69) is 67.0 Å². The highest BCUT2D eigenvalue weighted by molar-refractivity contribution is 7.47. The SMILES string of the molecule is CC/C=C\C/C=C\C/C=C\C/C=C\C[C@@H](O)[C@H](O)CCCC(=O)O[C@H](COC(=O)CCC/C=C\C/C=C\C/C=C\CCCCCCCC)COP(=O)(O)O[C@H]1C(O)C(O)C(O)[C@@H](OP(=O)(O)O)C1O. The maximum Gasteiger partial charge on any atom is 0.472 e. The molecule has 0 amide bonds. The van der Waals surface area contributed by atoms with Crippen molar-refractivity contribution >= 4 is 27.6 Å². The molecule has 9 N–H and O–H groups in total. The lowest BCUT2D eigenvalue weighted by molar-refractivity contribution is -0.216. The number of rotatable bonds is 39. The maximum absolute atomic E-state index is 13.0. The van der Waals surface area contributed by atoms with E-state index < -0.39 is 95.7 Å². The van der Waals surface area contributed by atoms with Gasteiger partial charge in [0, 0.05) is 12.8 Å². The van der Waals surface area contributed by atoms with Crippen molar-refractivity contribution in [2.45, 2.75) is 197 Å². The summed E-state index contributed by atoms with van der Waals surface area (Å²) in [5.41, 5.74) is 0. The number of aliphatic hydroxyl groups is 6. The number of phosphoric acid groups is 2. The molecule has 1 rings (SSSR count). The second-order valence-corrected chi connectivity index (χ2v) is 19.3. The molecule has 1 saturated carbocycles. The number of aliphatic hydroxyl groups excluding tert-OH is 6. The molecule has 0 aliphatic heterocycles. The highest BCUT2D eigenvalue weighted by Gasteiger charge is 2.54. The van der Waals surface area contributed by atoms with Gasteiger partial charge in [0.1, 0.15) is 43.2 Å². The molecule has 20 heteroatoms. The van der Waals surface area contributed by atoms with Crippen LogP contribution in [0.1, 0.15) is 142 Å². The first-order valence-corrected chi connectivity index (χ1v) is 27.3. The van der Waals surface area contributed by atoms with Gasteiger partial charge in [0.05, 0.1) is 18.8 Å². The summed E-state index contributed by atoms with van der Waals surface area (Å²) in [6.45, 7) is 2.69. The number of esters is 2. The fraction of sp³-hybridized carbons (Fsp3) is 0.673. The second-order valence-electron chi connectivity index (χ2n) is 16.8. The van der Waals surface area contributed by atoms with E-state index in [9.17, 15) is 64.0 Å². The fourth-order valence-electron chi connectivity index (χ4n) is 6.78. The first-order chi connectivity index (χ1) is 32.9. The molecule has 0 heterocycles. The normalized spacial score (nSPS) is 22.8. The van der Waals surface area contributed by atoms with E-state index in [0.717, 1.165) is 38.5 Å². The molecule has 0 aromatic heterocycles. The minimum Gasteiger partial charge on any atom is -0.462 e. The maximum atomic E-state index is 13.0. The molecular formula is C49H82O18P2. The Kier molecular flexibility index (Phi) is 36.0. The lowest BCUT2D eigenvalue weighted by atomic mass is 9.85. The molecule has 0 bridgehead atoms. The van der Waals surface area contributed by atoms with Crippen LogP contribution in [0.2, 0.25) is 0 Å². The molecule has 10 atom stereocenters. The minimum absolute atomic E-state index is 0.0143. The van der Waals surface area contributed by atoms with Gasteiger partial charge in [-0.2, -0.15) is 0 Å². The largest absolute Gasteiger partial charge is 0.472 e. The van der Waals surface area contributed by atoms with Crippen LogP contribution in [0.15, 0.2) is 85.1 Å². The van der Waals surface area contributed by atoms with Crippen LogP contribution in [0.5, 0.6) is 0 Å². The number of allylic oxidation sites excluding steroid dienone is 13. The Morgan fingerprint density at radius 3 is 1.59 bits per heavy atom. The van der Waals surface area contributed by atoms with Crippen LogP contribution < -0.4 is 0 Å². The van der Waals surface area contributed by atoms with Crippen LogP contribution in [0.4, 0.5) is 0 Å². The Balaban J connectivity index is 2.74. The molecule has 396 valence electrons. The molecule has 1 aliphatic rings. The topological polar surface area (TPSA) is 296 Å². The second kappa shape index (κ2) is 38.7. The third kappa shape index (κ3) is 32.7. The van der Waals surface area contributed by atoms with Crippen LogP contribution in [0, 0.1) is 0 Å². The molecule has 0 spiro atoms. The van der Waals surface area contributed by atoms with Crippen molar-refractivity contribution in [1.29, 1.82) is 0 Å². The first kappa shape index (κ1) is 64.1. The number of ether oxygens (including phenoxy) is 2. The van der Waals surface area contributed by atoms with E-state index in [0.29, 0.717) is 19.3 Å². The smallest absolute Gasteiger partial charge is 0.462 e. The van der Waals surface area contributed by atoms with Gasteiger partial charge in [-0.05, 0) is 83.5 Å². The zero-order valence-corrected chi connectivity index (χ0v) is 42.2. The van der Waals surface area contributed by atoms with Crippen molar-refractivity contribution in [1.82, 2.24) is 0 Å². The third-order valence-electron chi connectivity index (χ3n) is 10.7. The van der Waals surface area contributed by atoms with Crippen LogP contribution in [0.3, 0.4) is 0 Å². The van der Waals surface area contributed by atoms with E-state index in [1.54, 1.807) is 6.08 Å². The Morgan fingerprint density at radius 1 is 0.536 bits per heavy atom. The summed E-state index contributed by atoms with van der Waals surface area (Å²) < 4.78 is 49.1. The van der Waals surface area contributed by atoms with Gasteiger partial charge in [-0.25, -0.2) is 9.13 Å². The predicted octanol–water partition coefficient (Wildman–Crippen LogP) is 7.34. The lowest BCUT2D eigenvalue weighted by Gasteiger charge is -2.43. The zero-order chi connectivity index (χ0) is 51.3. The summed E-state index contributed by atoms with van der Waals surface area (Å²) in [6.07, 6.45) is 25.5. The summed E-state index contributed by atoms with van der Waals surface area (Å²) in [6, 6.07) is 0. The summed E-state index contributed by atoms with van der Waals surface area (Å²) >= 11 is 0. The summed E-state index contributed by atoms with van der Waals surface area (Å²) in [5, 5.41) is 62.1. The zero-order valence-electron chi connectivity index (χ0n) is 40.4. The molecule has 0 aromatic carbocycles. The Morgan fingerprint density at radius 2 is 1.03 bits per heavy atom. The highest BCUT2D eigenvalue weighted by Crippen LogP contribution is 2.49. The van der Waals surface area contributed by atoms with Crippen molar-refractivity contribution in [3.8, 4) is 0 Å². The lowest BCUT2D eigenvalue weighted by Crippen LogP contribution is -2.64. The van der Waals surface area contributed by atoms with Gasteiger partial charge in [-0.1, -0.05) is 131 Å². The van der Waals surface area contributed by atoms with Crippen LogP contribution >= 0.6 is 15.6 Å². The fourth-order valence-corrected chi connectivity index (χ4v) is 8.31. The Bertz CT molecular complexity index is 1690. The summed E-state index contributed by atoms with van der Waals surface area (Å²) in [7, 11) is -10.8. The molecule has 1 aliphatic carbocycles. The summed E-state index contributed by atoms with van der Waals surface area (Å²) in [4.78, 5) is 54.4. The molecule has 0 aromatic rings. The van der Waals surface area contributed by atoms with Crippen molar-refractivity contribution in [2.24, 2.45) is 0 Å². The first-order valence-electron chi connectivity index (χ1n) is 24.3. The highest BCUT2D eigenvalue weighted by atomic mass is 31.2. The van der Waals surface area contributed by atoms with Crippen molar-refractivity contribution in [2.75, 3.05) is 13.2 Å². The standard InChI is InChI=1S/C49H82O18P2/c1-3-5-7-9-11-13-15-17-18-19-20-21-23-25-27-29-31-35-42(52)63-37-39(38-64-69(61,62)67-49-46(56)44(54)45(55)48(47(49)57)66-68(58,59)60)65-43(53)36-32-34-41(51)40(50)33-30-28-26-24-22-16-14-12-10-8-6-4-2/h6,8,12,14,17-18,20-22,24-25,27-28,30,39-41,44-51,54-57H,3-5,7,9-11,13,15-16,19,23,26,29,31-38H2,1-2H3,(H,61,62)(H2,58,59,60)/b8-6-,14-12-,18-17-,21-20-,24-22-,27-25-,30-28-/t39-,40-,41-,44?,45?,46?,47?,48-,49+/m1/s1. The van der Waals surface area contributed by atoms with Crippen molar-refractivity contribution in [3.05, 3.63) is 85.1 Å². The van der Waals surface area contributed by atoms with Crippen LogP contribution in [-0.4, -0.2) is 125 Å². The van der Waals surface area contributed by atoms with E-state index in [1.807, 2.05) is 30.4 Å². The average molecular weight is 1020 g/mol. The number of phosphoric ester groups is 2. The van der Waals surface area contributed by atoms with Crippen molar-refractivity contribution < 1.29 is 87.1 Å². The summed E-state index contributed by atoms with van der Waals surface area (Å²) in [5.74, 6) is -1.56. The number of unbranched alkanes of at least 4 members (excludes halogenated alkanes) is 7. The molecular weight excluding hydrogens is 938 g/mol. The monoisotopic (exact) mass is 1020 g/mol. The van der Waals surface area contributed by atoms with Crippen LogP contribution in [-0.2, 0) is 41.8 Å². The van der Waals surface area contributed by atoms with Gasteiger partial charge in [0.25, 0.3) is 0 Å². The van der Waals surface area contributed by atoms with Gasteiger partial charge in [-0.15, -0.1) is 0 Å². The van der Waals surface area contributed by atoms with Gasteiger partial charge in [-0.3, -0.25) is 23.2 Å². The number of carbonyl (C=O) groups is 2. The van der Waals surface area contributed by atoms with E-state index >= 15 is 0 Å². The van der Waals surface area contributed by atoms with Crippen LogP contribution in [0.25, 0.3) is 0 Å². The van der Waals surface area contributed by atoms with E-state index in [-0.39, 0.29) is 32.1 Å². The minimum atomic E-state index is -5.41. The molecule has 0 radical (unpaired) electrons. The van der Waals surface area contributed by atoms with Crippen molar-refractivity contribution in [3.63, 3.8) is 0 Å². The molecule has 69 heavy (non-hydrogen) atoms. The number of carbonyl (C=O) groups excluding carboxylic acids is 2. The predicted molar refractivity (Wildman–Crippen MR) is 262 cm³/mol. The van der Waals surface area contributed by atoms with Gasteiger partial charge >= 0.3 is 27.6 Å². The molecule has 0 saturated heterocycles. The molecule has 1 fully saturated rings. The molecule has 18 nitrogen and oxygen atoms in total. The third-order valence-corrected chi connectivity index (χ3v) is 12.2. The number of hydrogen-bond donors (Lipinski definition) is 9.